The van der Waals surface area contributed by atoms with Crippen molar-refractivity contribution in [3.8, 4) is 0 Å². The van der Waals surface area contributed by atoms with Gasteiger partial charge in [0.2, 0.25) is 0 Å². The van der Waals surface area contributed by atoms with Crippen LogP contribution in [0.2, 0.25) is 0 Å². The number of hydrogen-bond acceptors (Lipinski definition) is 1. The van der Waals surface area contributed by atoms with Crippen molar-refractivity contribution in [1.29, 1.82) is 0 Å². The summed E-state index contributed by atoms with van der Waals surface area (Å²) in [5.74, 6) is 0. The molecule has 1 saturated heterocycles. The third-order valence-electron chi connectivity index (χ3n) is 0.996. The molecular formula is C4H8NO. The van der Waals surface area contributed by atoms with Crippen LogP contribution >= 0.6 is 0 Å². The van der Waals surface area contributed by atoms with E-state index in [-0.39, 0.29) is 0 Å². The van der Waals surface area contributed by atoms with Gasteiger partial charge in [0, 0.05) is 13.1 Å². The molecule has 1 fully saturated rings. The van der Waals surface area contributed by atoms with Gasteiger partial charge in [-0.1, -0.05) is 0 Å². The average Bonchev–Trinajstić information content (AvgIpc) is 2.06. The minimum absolute atomic E-state index is 0.454. The van der Waals surface area contributed by atoms with E-state index in [4.69, 9.17) is 0 Å². The Labute approximate surface area is 37.4 Å². The van der Waals surface area contributed by atoms with E-state index in [2.05, 4.69) is 0 Å². The van der Waals surface area contributed by atoms with Crippen molar-refractivity contribution in [2.75, 3.05) is 13.1 Å². The van der Waals surface area contributed by atoms with Gasteiger partial charge in [0.05, 0.1) is 0 Å². The molecule has 35 valence electrons. The predicted octanol–water partition coefficient (Wildman–Crippen LogP) is 0.0785. The molecule has 0 aromatic carbocycles. The highest BCUT2D eigenvalue weighted by Gasteiger charge is 2.22. The topological polar surface area (TPSA) is 22.9 Å². The van der Waals surface area contributed by atoms with Gasteiger partial charge in [-0.2, -0.15) is 0 Å². The van der Waals surface area contributed by atoms with E-state index in [9.17, 15) is 5.11 Å². The molecule has 2 heteroatoms. The molecule has 1 aliphatic heterocycles. The summed E-state index contributed by atoms with van der Waals surface area (Å²) in [6.07, 6.45) is -0.454. The van der Waals surface area contributed by atoms with Crippen LogP contribution in [0.15, 0.2) is 0 Å². The molecule has 0 bridgehead atoms. The Bertz CT molecular complexity index is 49.5. The molecule has 1 atom stereocenters. The van der Waals surface area contributed by atoms with Crippen molar-refractivity contribution >= 4 is 0 Å². The first-order chi connectivity index (χ1) is 2.80. The molecule has 0 amide bonds. The van der Waals surface area contributed by atoms with E-state index in [1.165, 1.54) is 0 Å². The van der Waals surface area contributed by atoms with Crippen molar-refractivity contribution in [3.63, 3.8) is 0 Å². The van der Waals surface area contributed by atoms with E-state index in [0.717, 1.165) is 13.1 Å². The Morgan fingerprint density at radius 2 is 2.17 bits per heavy atom. The first-order valence-electron chi connectivity index (χ1n) is 2.20. The Kier molecular flexibility index (Phi) is 0.821. The van der Waals surface area contributed by atoms with Crippen LogP contribution in [0.25, 0.3) is 0 Å². The molecule has 1 radical (unpaired) electrons. The summed E-state index contributed by atoms with van der Waals surface area (Å²) in [5, 5.41) is 10.2. The fourth-order valence-electron chi connectivity index (χ4n) is 0.421. The van der Waals surface area contributed by atoms with Crippen LogP contribution in [-0.4, -0.2) is 24.2 Å². The molecule has 2 nitrogen and oxygen atoms in total. The second-order valence-electron chi connectivity index (χ2n) is 1.64. The van der Waals surface area contributed by atoms with Crippen LogP contribution in [0.1, 0.15) is 6.92 Å². The lowest BCUT2D eigenvalue weighted by molar-refractivity contribution is 0.0277. The Balaban J connectivity index is 2.13. The molecule has 0 N–H and O–H groups in total. The molecule has 0 saturated carbocycles. The minimum atomic E-state index is -0.454. The maximum atomic E-state index is 10.2. The van der Waals surface area contributed by atoms with Crippen molar-refractivity contribution in [2.45, 2.75) is 13.2 Å². The van der Waals surface area contributed by atoms with Crippen LogP contribution < -0.4 is 0 Å². The quantitative estimate of drug-likeness (QED) is 0.414. The monoisotopic (exact) mass is 86.1 g/mol. The molecule has 0 aliphatic carbocycles. The van der Waals surface area contributed by atoms with Crippen LogP contribution in [0, 0.1) is 0 Å². The zero-order valence-corrected chi connectivity index (χ0v) is 3.85. The van der Waals surface area contributed by atoms with Crippen LogP contribution in [0.4, 0.5) is 0 Å². The normalized spacial score (nSPS) is 27.0. The average molecular weight is 86.1 g/mol. The Morgan fingerprint density at radius 3 is 2.17 bits per heavy atom. The number of hydrogen-bond donors (Lipinski definition) is 0. The third kappa shape index (κ3) is 0.698. The second-order valence-corrected chi connectivity index (χ2v) is 1.64. The maximum absolute atomic E-state index is 10.2. The molecule has 1 heterocycles. The van der Waals surface area contributed by atoms with Gasteiger partial charge in [-0.3, -0.25) is 4.90 Å². The summed E-state index contributed by atoms with van der Waals surface area (Å²) in [5.41, 5.74) is 0. The summed E-state index contributed by atoms with van der Waals surface area (Å²) < 4.78 is 0. The lowest BCUT2D eigenvalue weighted by atomic mass is 10.7. The smallest absolute Gasteiger partial charge is 0.143 e. The van der Waals surface area contributed by atoms with Crippen molar-refractivity contribution < 1.29 is 5.11 Å². The molecule has 1 unspecified atom stereocenters. The van der Waals surface area contributed by atoms with Gasteiger partial charge in [-0.05, 0) is 6.92 Å². The SMILES string of the molecule is CC([O])N1CC1. The highest BCUT2D eigenvalue weighted by molar-refractivity contribution is 4.71. The van der Waals surface area contributed by atoms with E-state index < -0.39 is 6.23 Å². The summed E-state index contributed by atoms with van der Waals surface area (Å²) >= 11 is 0. The Morgan fingerprint density at radius 1 is 1.67 bits per heavy atom. The number of nitrogens with zero attached hydrogens (tertiary/aromatic N) is 1. The molecule has 6 heavy (non-hydrogen) atoms. The Hall–Kier alpha value is -0.0800. The third-order valence-corrected chi connectivity index (χ3v) is 0.996. The van der Waals surface area contributed by atoms with Crippen LogP contribution in [0.5, 0.6) is 0 Å². The molecule has 1 rings (SSSR count). The molecule has 0 aromatic rings. The predicted molar refractivity (Wildman–Crippen MR) is 21.7 cm³/mol. The van der Waals surface area contributed by atoms with Crippen LogP contribution in [-0.2, 0) is 5.11 Å². The van der Waals surface area contributed by atoms with E-state index in [1.54, 1.807) is 6.92 Å². The maximum Gasteiger partial charge on any atom is 0.143 e. The zero-order chi connectivity index (χ0) is 4.57. The van der Waals surface area contributed by atoms with Gasteiger partial charge in [-0.15, -0.1) is 0 Å². The second kappa shape index (κ2) is 1.21. The molecule has 0 aromatic heterocycles. The van der Waals surface area contributed by atoms with Gasteiger partial charge >= 0.3 is 0 Å². The lowest BCUT2D eigenvalue weighted by Crippen LogP contribution is -2.09. The molecule has 1 aliphatic rings. The summed E-state index contributed by atoms with van der Waals surface area (Å²) in [6, 6.07) is 0. The molecule has 0 spiro atoms. The largest absolute Gasteiger partial charge is 0.273 e. The van der Waals surface area contributed by atoms with Crippen molar-refractivity contribution in [3.05, 3.63) is 0 Å². The van der Waals surface area contributed by atoms with E-state index >= 15 is 0 Å². The van der Waals surface area contributed by atoms with Gasteiger partial charge in [0.25, 0.3) is 0 Å². The highest BCUT2D eigenvalue weighted by atomic mass is 16.3. The summed E-state index contributed by atoms with van der Waals surface area (Å²) in [7, 11) is 0. The van der Waals surface area contributed by atoms with Gasteiger partial charge in [0.15, 0.2) is 0 Å². The zero-order valence-electron chi connectivity index (χ0n) is 3.85. The summed E-state index contributed by atoms with van der Waals surface area (Å²) in [6.45, 7) is 3.71. The fourth-order valence-corrected chi connectivity index (χ4v) is 0.421. The highest BCUT2D eigenvalue weighted by Crippen LogP contribution is 2.06. The van der Waals surface area contributed by atoms with Gasteiger partial charge in [-0.25, -0.2) is 5.11 Å². The van der Waals surface area contributed by atoms with Gasteiger partial charge < -0.3 is 0 Å². The lowest BCUT2D eigenvalue weighted by Gasteiger charge is -1.95. The van der Waals surface area contributed by atoms with Crippen LogP contribution in [0.3, 0.4) is 0 Å². The summed E-state index contributed by atoms with van der Waals surface area (Å²) in [4.78, 5) is 1.86. The van der Waals surface area contributed by atoms with E-state index in [0.29, 0.717) is 0 Å². The first-order valence-corrected chi connectivity index (χ1v) is 2.20. The number of rotatable bonds is 1. The fraction of sp³-hybridized carbons (Fsp3) is 1.00. The van der Waals surface area contributed by atoms with Gasteiger partial charge in [0.1, 0.15) is 6.23 Å². The standard InChI is InChI=1S/C4H8NO/c1-4(6)5-2-3-5/h4H,2-3H2,1H3. The minimum Gasteiger partial charge on any atom is -0.273 e. The van der Waals surface area contributed by atoms with E-state index in [1.807, 2.05) is 4.90 Å². The van der Waals surface area contributed by atoms with Crippen molar-refractivity contribution in [1.82, 2.24) is 4.90 Å². The van der Waals surface area contributed by atoms with Crippen molar-refractivity contribution in [2.24, 2.45) is 0 Å². The molecular weight excluding hydrogens is 78.0 g/mol. The first kappa shape index (κ1) is 4.09.